The topological polar surface area (TPSA) is 46.2 Å². The van der Waals surface area contributed by atoms with Gasteiger partial charge in [-0.25, -0.2) is 0 Å². The molecule has 0 bridgehead atoms. The van der Waals surface area contributed by atoms with Crippen molar-refractivity contribution in [3.8, 4) is 0 Å². The van der Waals surface area contributed by atoms with E-state index in [1.807, 2.05) is 52.0 Å². The summed E-state index contributed by atoms with van der Waals surface area (Å²) < 4.78 is 0. The molecule has 1 rings (SSSR count). The third kappa shape index (κ3) is 7.08. The fraction of sp³-hybridized carbons (Fsp3) is 0.600. The van der Waals surface area contributed by atoms with E-state index in [2.05, 4.69) is 12.2 Å². The molecule has 0 aliphatic heterocycles. The van der Waals surface area contributed by atoms with Gasteiger partial charge in [-0.1, -0.05) is 72.4 Å². The molecule has 0 heterocycles. The second-order valence-electron chi connectivity index (χ2n) is 7.37. The fourth-order valence-corrected chi connectivity index (χ4v) is 3.08. The van der Waals surface area contributed by atoms with E-state index in [0.29, 0.717) is 5.69 Å². The lowest BCUT2D eigenvalue weighted by Gasteiger charge is -2.19. The van der Waals surface area contributed by atoms with Gasteiger partial charge in [0.2, 0.25) is 5.91 Å². The molecule has 0 aliphatic rings. The van der Waals surface area contributed by atoms with Crippen LogP contribution in [-0.2, 0) is 9.59 Å². The lowest BCUT2D eigenvalue weighted by atomic mass is 9.95. The molecule has 0 radical (unpaired) electrons. The highest BCUT2D eigenvalue weighted by Crippen LogP contribution is 2.32. The van der Waals surface area contributed by atoms with Gasteiger partial charge in [-0.15, -0.1) is 0 Å². The molecule has 0 saturated carbocycles. The van der Waals surface area contributed by atoms with Crippen LogP contribution in [0.2, 0.25) is 0 Å². The Morgan fingerprint density at radius 3 is 2.42 bits per heavy atom. The Balaban J connectivity index is 2.67. The lowest BCUT2D eigenvalue weighted by molar-refractivity contribution is -0.123. The van der Waals surface area contributed by atoms with E-state index in [4.69, 9.17) is 0 Å². The molecule has 134 valence electrons. The summed E-state index contributed by atoms with van der Waals surface area (Å²) in [4.78, 5) is 25.5. The van der Waals surface area contributed by atoms with Crippen LogP contribution in [0.15, 0.2) is 29.2 Å². The molecule has 1 aromatic rings. The Labute approximate surface area is 151 Å². The maximum absolute atomic E-state index is 12.5. The molecule has 1 amide bonds. The van der Waals surface area contributed by atoms with Crippen molar-refractivity contribution in [3.05, 3.63) is 24.3 Å². The molecule has 0 fully saturated rings. The van der Waals surface area contributed by atoms with Crippen LogP contribution in [0.25, 0.3) is 0 Å². The van der Waals surface area contributed by atoms with Gasteiger partial charge in [0, 0.05) is 16.2 Å². The zero-order valence-electron chi connectivity index (χ0n) is 15.6. The Kier molecular flexibility index (Phi) is 8.54. The molecule has 0 spiro atoms. The summed E-state index contributed by atoms with van der Waals surface area (Å²) in [5.74, 6) is -0.00570. The highest BCUT2D eigenvalue weighted by molar-refractivity contribution is 8.13. The number of rotatable bonds is 8. The largest absolute Gasteiger partial charge is 0.325 e. The minimum absolute atomic E-state index is 0.0400. The molecule has 4 heteroatoms. The van der Waals surface area contributed by atoms with Crippen LogP contribution in [0.1, 0.15) is 66.7 Å². The smallest absolute Gasteiger partial charge is 0.229 e. The van der Waals surface area contributed by atoms with Gasteiger partial charge in [-0.3, -0.25) is 9.59 Å². The average Bonchev–Trinajstić information content (AvgIpc) is 2.52. The quantitative estimate of drug-likeness (QED) is 0.470. The fourth-order valence-electron chi connectivity index (χ4n) is 2.17. The molecule has 1 N–H and O–H groups in total. The number of hydrogen-bond acceptors (Lipinski definition) is 3. The summed E-state index contributed by atoms with van der Waals surface area (Å²) in [6.07, 6.45) is 5.66. The third-order valence-corrected chi connectivity index (χ3v) is 5.10. The highest BCUT2D eigenvalue weighted by Gasteiger charge is 2.23. The maximum Gasteiger partial charge on any atom is 0.229 e. The van der Waals surface area contributed by atoms with Gasteiger partial charge >= 0.3 is 0 Å². The van der Waals surface area contributed by atoms with Crippen LogP contribution in [-0.4, -0.2) is 11.0 Å². The van der Waals surface area contributed by atoms with Crippen molar-refractivity contribution < 1.29 is 9.59 Å². The normalized spacial score (nSPS) is 12.7. The SMILES string of the molecule is CCCCCCC(C)C(=O)Sc1ccccc1NC(=O)C(C)(C)C. The van der Waals surface area contributed by atoms with Crippen LogP contribution in [0.3, 0.4) is 0 Å². The molecule has 24 heavy (non-hydrogen) atoms. The molecule has 0 saturated heterocycles. The van der Waals surface area contributed by atoms with Gasteiger partial charge in [0.1, 0.15) is 0 Å². The first kappa shape index (κ1) is 20.8. The summed E-state index contributed by atoms with van der Waals surface area (Å²) in [5, 5.41) is 3.11. The van der Waals surface area contributed by atoms with Gasteiger partial charge in [0.25, 0.3) is 0 Å². The minimum atomic E-state index is -0.464. The van der Waals surface area contributed by atoms with Gasteiger partial charge in [0.15, 0.2) is 5.12 Å². The molecule has 1 atom stereocenters. The van der Waals surface area contributed by atoms with Crippen LogP contribution in [0, 0.1) is 11.3 Å². The number of benzene rings is 1. The number of unbranched alkanes of at least 4 members (excludes halogenated alkanes) is 3. The van der Waals surface area contributed by atoms with Crippen molar-refractivity contribution in [3.63, 3.8) is 0 Å². The molecular formula is C20H31NO2S. The predicted octanol–water partition coefficient (Wildman–Crippen LogP) is 5.90. The van der Waals surface area contributed by atoms with E-state index in [9.17, 15) is 9.59 Å². The first-order valence-corrected chi connectivity index (χ1v) is 9.69. The standard InChI is InChI=1S/C20H31NO2S/c1-6-7-8-9-12-15(2)18(22)24-17-14-11-10-13-16(17)21-19(23)20(3,4)5/h10-11,13-15H,6-9,12H2,1-5H3,(H,21,23). The average molecular weight is 350 g/mol. The van der Waals surface area contributed by atoms with E-state index in [0.717, 1.165) is 17.7 Å². The number of hydrogen-bond donors (Lipinski definition) is 1. The molecular weight excluding hydrogens is 318 g/mol. The zero-order valence-corrected chi connectivity index (χ0v) is 16.5. The summed E-state index contributed by atoms with van der Waals surface area (Å²) in [5.41, 5.74) is 0.253. The number of thioether (sulfide) groups is 1. The zero-order chi connectivity index (χ0) is 18.2. The summed E-state index contributed by atoms with van der Waals surface area (Å²) >= 11 is 1.24. The van der Waals surface area contributed by atoms with Crippen molar-refractivity contribution in [1.82, 2.24) is 0 Å². The Morgan fingerprint density at radius 1 is 1.12 bits per heavy atom. The van der Waals surface area contributed by atoms with E-state index >= 15 is 0 Å². The van der Waals surface area contributed by atoms with E-state index in [1.165, 1.54) is 31.0 Å². The number of carbonyl (C=O) groups is 2. The number of carbonyl (C=O) groups excluding carboxylic acids is 2. The third-order valence-electron chi connectivity index (χ3n) is 3.92. The van der Waals surface area contributed by atoms with E-state index < -0.39 is 5.41 Å². The first-order valence-electron chi connectivity index (χ1n) is 8.88. The minimum Gasteiger partial charge on any atom is -0.325 e. The van der Waals surface area contributed by atoms with Crippen LogP contribution in [0.4, 0.5) is 5.69 Å². The molecule has 1 unspecified atom stereocenters. The second kappa shape index (κ2) is 9.87. The van der Waals surface area contributed by atoms with Gasteiger partial charge in [-0.05, 0) is 30.3 Å². The van der Waals surface area contributed by atoms with E-state index in [-0.39, 0.29) is 16.9 Å². The number of anilines is 1. The van der Waals surface area contributed by atoms with Crippen molar-refractivity contribution >= 4 is 28.5 Å². The maximum atomic E-state index is 12.5. The Morgan fingerprint density at radius 2 is 1.79 bits per heavy atom. The Bertz CT molecular complexity index is 549. The molecule has 0 aromatic heterocycles. The molecule has 3 nitrogen and oxygen atoms in total. The summed E-state index contributed by atoms with van der Waals surface area (Å²) in [6, 6.07) is 7.52. The van der Waals surface area contributed by atoms with Gasteiger partial charge in [0.05, 0.1) is 5.69 Å². The number of amides is 1. The van der Waals surface area contributed by atoms with Crippen LogP contribution in [0.5, 0.6) is 0 Å². The first-order chi connectivity index (χ1) is 11.3. The van der Waals surface area contributed by atoms with Gasteiger partial charge in [-0.2, -0.15) is 0 Å². The summed E-state index contributed by atoms with van der Waals surface area (Å²) in [7, 11) is 0. The van der Waals surface area contributed by atoms with Crippen molar-refractivity contribution in [1.29, 1.82) is 0 Å². The van der Waals surface area contributed by atoms with Crippen LogP contribution >= 0.6 is 11.8 Å². The van der Waals surface area contributed by atoms with Crippen molar-refractivity contribution in [2.24, 2.45) is 11.3 Å². The van der Waals surface area contributed by atoms with Crippen molar-refractivity contribution in [2.45, 2.75) is 71.6 Å². The van der Waals surface area contributed by atoms with E-state index in [1.54, 1.807) is 0 Å². The molecule has 0 aliphatic carbocycles. The van der Waals surface area contributed by atoms with Gasteiger partial charge < -0.3 is 5.32 Å². The van der Waals surface area contributed by atoms with Crippen molar-refractivity contribution in [2.75, 3.05) is 5.32 Å². The predicted molar refractivity (Wildman–Crippen MR) is 103 cm³/mol. The lowest BCUT2D eigenvalue weighted by Crippen LogP contribution is -2.27. The summed E-state index contributed by atoms with van der Waals surface area (Å²) in [6.45, 7) is 9.82. The Hall–Kier alpha value is -1.29. The monoisotopic (exact) mass is 349 g/mol. The number of para-hydroxylation sites is 1. The molecule has 1 aromatic carbocycles. The van der Waals surface area contributed by atoms with Crippen LogP contribution < -0.4 is 5.32 Å². The second-order valence-corrected chi connectivity index (χ2v) is 8.42. The highest BCUT2D eigenvalue weighted by atomic mass is 32.2. The number of nitrogens with one attached hydrogen (secondary N) is 1.